The summed E-state index contributed by atoms with van der Waals surface area (Å²) in [5, 5.41) is 3.73. The standard InChI is InChI=1S/C23H39N3O2/c1-4-6-8-9-11-12-17-16-18-14-15-20-21(22(27)28-3)19(13-10-7-5-2)25-23(24-17)26(18)20/h17-19H,4-16H2,1-3H3,(H,24,25)/t17-,18+,19-/m0/s1. The van der Waals surface area contributed by atoms with E-state index in [9.17, 15) is 4.79 Å². The molecule has 0 aromatic heterocycles. The second kappa shape index (κ2) is 10.3. The Morgan fingerprint density at radius 1 is 1.11 bits per heavy atom. The lowest BCUT2D eigenvalue weighted by Crippen LogP contribution is -2.56. The van der Waals surface area contributed by atoms with E-state index in [0.29, 0.717) is 12.1 Å². The van der Waals surface area contributed by atoms with Crippen LogP contribution in [0.1, 0.15) is 97.3 Å². The fraction of sp³-hybridized carbons (Fsp3) is 0.826. The number of guanidine groups is 1. The van der Waals surface area contributed by atoms with Crippen molar-refractivity contribution in [3.8, 4) is 0 Å². The van der Waals surface area contributed by atoms with Gasteiger partial charge >= 0.3 is 5.97 Å². The van der Waals surface area contributed by atoms with Crippen LogP contribution in [0.25, 0.3) is 0 Å². The summed E-state index contributed by atoms with van der Waals surface area (Å²) in [6, 6.07) is 0.971. The molecule has 28 heavy (non-hydrogen) atoms. The van der Waals surface area contributed by atoms with Gasteiger partial charge in [-0.2, -0.15) is 0 Å². The van der Waals surface area contributed by atoms with E-state index in [4.69, 9.17) is 9.73 Å². The van der Waals surface area contributed by atoms with E-state index in [2.05, 4.69) is 24.1 Å². The molecule has 0 radical (unpaired) electrons. The van der Waals surface area contributed by atoms with Crippen LogP contribution in [0.2, 0.25) is 0 Å². The molecule has 3 rings (SSSR count). The zero-order valence-electron chi connectivity index (χ0n) is 18.1. The van der Waals surface area contributed by atoms with Gasteiger partial charge in [-0.15, -0.1) is 0 Å². The lowest BCUT2D eigenvalue weighted by molar-refractivity contribution is -0.136. The summed E-state index contributed by atoms with van der Waals surface area (Å²) in [6.45, 7) is 4.48. The molecule has 2 fully saturated rings. The Morgan fingerprint density at radius 2 is 1.82 bits per heavy atom. The Bertz CT molecular complexity index is 599. The Kier molecular flexibility index (Phi) is 7.81. The van der Waals surface area contributed by atoms with Gasteiger partial charge in [0.1, 0.15) is 0 Å². The number of nitrogens with zero attached hydrogens (tertiary/aromatic N) is 2. The lowest BCUT2D eigenvalue weighted by atomic mass is 9.95. The molecule has 2 saturated heterocycles. The van der Waals surface area contributed by atoms with Crippen LogP contribution in [0.3, 0.4) is 0 Å². The minimum Gasteiger partial charge on any atom is -0.466 e. The van der Waals surface area contributed by atoms with Crippen molar-refractivity contribution in [2.45, 2.75) is 115 Å². The number of methoxy groups -OCH3 is 1. The summed E-state index contributed by atoms with van der Waals surface area (Å²) >= 11 is 0. The SMILES string of the molecule is CCCCCCC[C@H]1C[C@H]2CCC3=C(C(=O)OC)[C@H](CCCCC)N=C(N1)N32. The highest BCUT2D eigenvalue weighted by Crippen LogP contribution is 2.40. The number of carbonyl (C=O) groups is 1. The predicted octanol–water partition coefficient (Wildman–Crippen LogP) is 4.92. The first-order chi connectivity index (χ1) is 13.7. The average molecular weight is 390 g/mol. The van der Waals surface area contributed by atoms with Crippen LogP contribution in [0, 0.1) is 0 Å². The van der Waals surface area contributed by atoms with Gasteiger partial charge < -0.3 is 15.0 Å². The summed E-state index contributed by atoms with van der Waals surface area (Å²) < 4.78 is 5.15. The molecule has 1 N–H and O–H groups in total. The van der Waals surface area contributed by atoms with Crippen molar-refractivity contribution < 1.29 is 9.53 Å². The second-order valence-corrected chi connectivity index (χ2v) is 8.66. The second-order valence-electron chi connectivity index (χ2n) is 8.66. The number of carbonyl (C=O) groups excluding carboxylic acids is 1. The molecule has 0 aromatic rings. The molecule has 0 spiro atoms. The van der Waals surface area contributed by atoms with Crippen LogP contribution < -0.4 is 5.32 Å². The zero-order chi connectivity index (χ0) is 19.9. The first-order valence-electron chi connectivity index (χ1n) is 11.6. The average Bonchev–Trinajstić information content (AvgIpc) is 3.12. The van der Waals surface area contributed by atoms with Crippen molar-refractivity contribution in [1.29, 1.82) is 0 Å². The smallest absolute Gasteiger partial charge is 0.337 e. The molecule has 3 aliphatic rings. The maximum atomic E-state index is 12.6. The zero-order valence-corrected chi connectivity index (χ0v) is 18.1. The molecule has 5 heteroatoms. The van der Waals surface area contributed by atoms with Crippen LogP contribution >= 0.6 is 0 Å². The van der Waals surface area contributed by atoms with Crippen LogP contribution in [0.5, 0.6) is 0 Å². The van der Waals surface area contributed by atoms with Crippen LogP contribution in [0.15, 0.2) is 16.3 Å². The van der Waals surface area contributed by atoms with Gasteiger partial charge in [0.05, 0.1) is 18.7 Å². The summed E-state index contributed by atoms with van der Waals surface area (Å²) in [6.07, 6.45) is 15.5. The molecule has 3 aliphatic heterocycles. The number of nitrogens with one attached hydrogen (secondary N) is 1. The first-order valence-corrected chi connectivity index (χ1v) is 11.6. The quantitative estimate of drug-likeness (QED) is 0.402. The summed E-state index contributed by atoms with van der Waals surface area (Å²) in [5.41, 5.74) is 2.00. The number of aliphatic imine (C=N–C) groups is 1. The van der Waals surface area contributed by atoms with Gasteiger partial charge in [-0.3, -0.25) is 0 Å². The lowest BCUT2D eigenvalue weighted by Gasteiger charge is -2.42. The molecule has 0 aromatic carbocycles. The van der Waals surface area contributed by atoms with Crippen LogP contribution in [-0.4, -0.2) is 42.1 Å². The Balaban J connectivity index is 1.70. The number of esters is 1. The van der Waals surface area contributed by atoms with Crippen LogP contribution in [0.4, 0.5) is 0 Å². The van der Waals surface area contributed by atoms with Crippen LogP contribution in [-0.2, 0) is 9.53 Å². The number of rotatable bonds is 11. The minimum atomic E-state index is -0.182. The largest absolute Gasteiger partial charge is 0.466 e. The third kappa shape index (κ3) is 4.72. The van der Waals surface area contributed by atoms with E-state index in [1.165, 1.54) is 64.2 Å². The van der Waals surface area contributed by atoms with Crippen molar-refractivity contribution in [1.82, 2.24) is 10.2 Å². The Labute approximate surface area is 171 Å². The van der Waals surface area contributed by atoms with E-state index in [1.807, 2.05) is 0 Å². The minimum absolute atomic E-state index is 0.0465. The maximum absolute atomic E-state index is 12.6. The van der Waals surface area contributed by atoms with E-state index < -0.39 is 0 Å². The van der Waals surface area contributed by atoms with E-state index in [1.54, 1.807) is 0 Å². The van der Waals surface area contributed by atoms with Gasteiger partial charge in [0.2, 0.25) is 0 Å². The first kappa shape index (κ1) is 21.2. The van der Waals surface area contributed by atoms with Gasteiger partial charge in [-0.1, -0.05) is 65.2 Å². The fourth-order valence-electron chi connectivity index (χ4n) is 5.05. The van der Waals surface area contributed by atoms with Gasteiger partial charge in [-0.25, -0.2) is 9.79 Å². The third-order valence-electron chi connectivity index (χ3n) is 6.55. The molecule has 5 nitrogen and oxygen atoms in total. The Hall–Kier alpha value is -1.52. The number of hydrogen-bond acceptors (Lipinski definition) is 5. The monoisotopic (exact) mass is 389 g/mol. The van der Waals surface area contributed by atoms with E-state index >= 15 is 0 Å². The van der Waals surface area contributed by atoms with Crippen molar-refractivity contribution in [2.24, 2.45) is 4.99 Å². The van der Waals surface area contributed by atoms with Crippen molar-refractivity contribution in [2.75, 3.05) is 7.11 Å². The molecule has 0 aliphatic carbocycles. The number of ether oxygens (including phenoxy) is 1. The Morgan fingerprint density at radius 3 is 2.57 bits per heavy atom. The summed E-state index contributed by atoms with van der Waals surface area (Å²) in [5.74, 6) is 0.842. The molecular formula is C23H39N3O2. The van der Waals surface area contributed by atoms with E-state index in [0.717, 1.165) is 43.6 Å². The van der Waals surface area contributed by atoms with Gasteiger partial charge in [-0.05, 0) is 32.1 Å². The topological polar surface area (TPSA) is 53.9 Å². The molecule has 0 unspecified atom stereocenters. The molecular weight excluding hydrogens is 350 g/mol. The normalized spacial score (nSPS) is 26.0. The fourth-order valence-corrected chi connectivity index (χ4v) is 5.05. The van der Waals surface area contributed by atoms with E-state index in [-0.39, 0.29) is 12.0 Å². The number of hydrogen-bond donors (Lipinski definition) is 1. The molecule has 3 atom stereocenters. The summed E-state index contributed by atoms with van der Waals surface area (Å²) in [4.78, 5) is 19.9. The predicted molar refractivity (Wildman–Crippen MR) is 114 cm³/mol. The number of unbranched alkanes of at least 4 members (excludes halogenated alkanes) is 6. The van der Waals surface area contributed by atoms with Crippen molar-refractivity contribution in [3.63, 3.8) is 0 Å². The van der Waals surface area contributed by atoms with Crippen molar-refractivity contribution in [3.05, 3.63) is 11.3 Å². The van der Waals surface area contributed by atoms with Gasteiger partial charge in [0.15, 0.2) is 5.96 Å². The highest BCUT2D eigenvalue weighted by Gasteiger charge is 2.44. The van der Waals surface area contributed by atoms with Gasteiger partial charge in [0, 0.05) is 17.8 Å². The van der Waals surface area contributed by atoms with Gasteiger partial charge in [0.25, 0.3) is 0 Å². The molecule has 0 amide bonds. The van der Waals surface area contributed by atoms with Crippen molar-refractivity contribution >= 4 is 11.9 Å². The maximum Gasteiger partial charge on any atom is 0.337 e. The molecule has 158 valence electrons. The molecule has 0 bridgehead atoms. The molecule has 3 heterocycles. The highest BCUT2D eigenvalue weighted by molar-refractivity contribution is 5.95. The summed E-state index contributed by atoms with van der Waals surface area (Å²) in [7, 11) is 1.49. The number of allylic oxidation sites excluding steroid dienone is 1. The third-order valence-corrected chi connectivity index (χ3v) is 6.55. The highest BCUT2D eigenvalue weighted by atomic mass is 16.5. The molecule has 0 saturated carbocycles.